The topological polar surface area (TPSA) is 46.3 Å². The molecule has 3 nitrogen and oxygen atoms in total. The number of halogens is 1. The van der Waals surface area contributed by atoms with Gasteiger partial charge in [-0.1, -0.05) is 18.2 Å². The number of para-hydroxylation sites is 2. The molecule has 1 aromatic heterocycles. The molecule has 3 rings (SSSR count). The largest absolute Gasteiger partial charge is 0.431 e. The van der Waals surface area contributed by atoms with Gasteiger partial charge in [0.15, 0.2) is 5.58 Å². The van der Waals surface area contributed by atoms with E-state index in [0.717, 1.165) is 17.3 Å². The molecular formula is C15H12FNO2S. The molecule has 0 saturated heterocycles. The van der Waals surface area contributed by atoms with E-state index in [2.05, 4.69) is 4.98 Å². The minimum Gasteiger partial charge on any atom is -0.431 e. The molecule has 0 aliphatic carbocycles. The van der Waals surface area contributed by atoms with Gasteiger partial charge in [-0.05, 0) is 48.5 Å². The lowest BCUT2D eigenvalue weighted by molar-refractivity contribution is 0.198. The summed E-state index contributed by atoms with van der Waals surface area (Å²) in [6.07, 6.45) is -0.687. The number of nitrogens with zero attached hydrogens (tertiary/aromatic N) is 1. The van der Waals surface area contributed by atoms with Crippen LogP contribution in [-0.4, -0.2) is 10.1 Å². The molecule has 3 aromatic rings. The van der Waals surface area contributed by atoms with Gasteiger partial charge < -0.3 is 9.52 Å². The molecule has 20 heavy (non-hydrogen) atoms. The van der Waals surface area contributed by atoms with E-state index in [0.29, 0.717) is 21.3 Å². The smallest absolute Gasteiger partial charge is 0.261 e. The number of aliphatic hydroxyl groups is 1. The Kier molecular flexibility index (Phi) is 3.46. The van der Waals surface area contributed by atoms with E-state index in [1.807, 2.05) is 24.3 Å². The summed E-state index contributed by atoms with van der Waals surface area (Å²) in [6, 6.07) is 12.0. The predicted octanol–water partition coefficient (Wildman–Crippen LogP) is 4.17. The van der Waals surface area contributed by atoms with Crippen LogP contribution in [0.25, 0.3) is 11.1 Å². The van der Waals surface area contributed by atoms with Crippen molar-refractivity contribution in [2.75, 3.05) is 0 Å². The van der Waals surface area contributed by atoms with Crippen LogP contribution < -0.4 is 0 Å². The number of rotatable bonds is 3. The normalized spacial score (nSPS) is 12.8. The minimum absolute atomic E-state index is 0.393. The maximum Gasteiger partial charge on any atom is 0.261 e. The first-order valence-electron chi connectivity index (χ1n) is 6.14. The van der Waals surface area contributed by atoms with Crippen LogP contribution in [0.1, 0.15) is 18.6 Å². The van der Waals surface area contributed by atoms with Crippen LogP contribution in [-0.2, 0) is 0 Å². The van der Waals surface area contributed by atoms with Crippen LogP contribution in [0.5, 0.6) is 0 Å². The molecule has 1 atom stereocenters. The van der Waals surface area contributed by atoms with E-state index < -0.39 is 11.9 Å². The Balaban J connectivity index is 1.90. The van der Waals surface area contributed by atoms with Crippen LogP contribution in [0.15, 0.2) is 57.0 Å². The second kappa shape index (κ2) is 5.26. The van der Waals surface area contributed by atoms with Crippen molar-refractivity contribution in [1.82, 2.24) is 4.98 Å². The van der Waals surface area contributed by atoms with Crippen LogP contribution in [0.2, 0.25) is 0 Å². The highest BCUT2D eigenvalue weighted by Gasteiger charge is 2.12. The molecule has 0 aliphatic rings. The van der Waals surface area contributed by atoms with Gasteiger partial charge in [-0.15, -0.1) is 0 Å². The first-order chi connectivity index (χ1) is 9.63. The van der Waals surface area contributed by atoms with Crippen LogP contribution in [0.4, 0.5) is 4.39 Å². The van der Waals surface area contributed by atoms with Gasteiger partial charge in [0.25, 0.3) is 5.22 Å². The highest BCUT2D eigenvalue weighted by atomic mass is 32.2. The van der Waals surface area contributed by atoms with Crippen molar-refractivity contribution in [3.63, 3.8) is 0 Å². The number of benzene rings is 2. The molecule has 0 unspecified atom stereocenters. The molecular weight excluding hydrogens is 277 g/mol. The second-order valence-corrected chi connectivity index (χ2v) is 5.41. The van der Waals surface area contributed by atoms with Gasteiger partial charge in [0.05, 0.1) is 11.0 Å². The predicted molar refractivity (Wildman–Crippen MR) is 75.2 cm³/mol. The standard InChI is InChI=1S/C15H12FNO2S/c1-9(18)10-6-7-14(11(16)8-10)20-15-17-12-4-2-3-5-13(12)19-15/h2-9,18H,1H3/t9-/m0/s1. The van der Waals surface area contributed by atoms with Gasteiger partial charge in [-0.3, -0.25) is 0 Å². The summed E-state index contributed by atoms with van der Waals surface area (Å²) in [7, 11) is 0. The maximum absolute atomic E-state index is 14.0. The molecule has 102 valence electrons. The highest BCUT2D eigenvalue weighted by molar-refractivity contribution is 7.99. The summed E-state index contributed by atoms with van der Waals surface area (Å²) in [4.78, 5) is 4.70. The fourth-order valence-corrected chi connectivity index (χ4v) is 2.60. The molecule has 0 saturated carbocycles. The van der Waals surface area contributed by atoms with E-state index in [-0.39, 0.29) is 0 Å². The van der Waals surface area contributed by atoms with E-state index in [4.69, 9.17) is 4.42 Å². The number of aromatic nitrogens is 1. The average molecular weight is 289 g/mol. The van der Waals surface area contributed by atoms with Crippen molar-refractivity contribution in [3.8, 4) is 0 Å². The van der Waals surface area contributed by atoms with Gasteiger partial charge in [0.2, 0.25) is 0 Å². The Morgan fingerprint density at radius 3 is 2.75 bits per heavy atom. The monoisotopic (exact) mass is 289 g/mol. The lowest BCUT2D eigenvalue weighted by atomic mass is 10.1. The molecule has 0 radical (unpaired) electrons. The van der Waals surface area contributed by atoms with Gasteiger partial charge in [0, 0.05) is 0 Å². The van der Waals surface area contributed by atoms with E-state index in [1.165, 1.54) is 6.07 Å². The second-order valence-electron chi connectivity index (χ2n) is 4.42. The first-order valence-corrected chi connectivity index (χ1v) is 6.96. The molecule has 0 aliphatic heterocycles. The number of hydrogen-bond acceptors (Lipinski definition) is 4. The van der Waals surface area contributed by atoms with E-state index in [9.17, 15) is 9.50 Å². The zero-order valence-corrected chi connectivity index (χ0v) is 11.5. The number of fused-ring (bicyclic) bond motifs is 1. The third-order valence-electron chi connectivity index (χ3n) is 2.91. The zero-order valence-electron chi connectivity index (χ0n) is 10.7. The van der Waals surface area contributed by atoms with Crippen LogP contribution in [0, 0.1) is 5.82 Å². The van der Waals surface area contributed by atoms with Crippen molar-refractivity contribution < 1.29 is 13.9 Å². The summed E-state index contributed by atoms with van der Waals surface area (Å²) in [5, 5.41) is 9.82. The average Bonchev–Trinajstić information content (AvgIpc) is 2.83. The highest BCUT2D eigenvalue weighted by Crippen LogP contribution is 2.32. The number of aliphatic hydroxyl groups excluding tert-OH is 1. The summed E-state index contributed by atoms with van der Waals surface area (Å²) in [5.41, 5.74) is 1.97. The molecule has 1 heterocycles. The quantitative estimate of drug-likeness (QED) is 0.786. The summed E-state index contributed by atoms with van der Waals surface area (Å²) in [5.74, 6) is -0.393. The molecule has 0 bridgehead atoms. The summed E-state index contributed by atoms with van der Waals surface area (Å²) in [6.45, 7) is 1.60. The molecule has 0 spiro atoms. The molecule has 0 fully saturated rings. The van der Waals surface area contributed by atoms with Crippen LogP contribution >= 0.6 is 11.8 Å². The van der Waals surface area contributed by atoms with Crippen molar-refractivity contribution in [3.05, 3.63) is 53.8 Å². The van der Waals surface area contributed by atoms with E-state index in [1.54, 1.807) is 19.1 Å². The van der Waals surface area contributed by atoms with E-state index >= 15 is 0 Å². The fourth-order valence-electron chi connectivity index (χ4n) is 1.85. The van der Waals surface area contributed by atoms with Crippen molar-refractivity contribution in [1.29, 1.82) is 0 Å². The number of hydrogen-bond donors (Lipinski definition) is 1. The summed E-state index contributed by atoms with van der Waals surface area (Å²) < 4.78 is 19.5. The Morgan fingerprint density at radius 2 is 2.05 bits per heavy atom. The van der Waals surface area contributed by atoms with Crippen molar-refractivity contribution in [2.24, 2.45) is 0 Å². The molecule has 2 aromatic carbocycles. The van der Waals surface area contributed by atoms with Gasteiger partial charge in [0.1, 0.15) is 11.3 Å². The lowest BCUT2D eigenvalue weighted by Gasteiger charge is -2.06. The fraction of sp³-hybridized carbons (Fsp3) is 0.133. The SMILES string of the molecule is C[C@H](O)c1ccc(Sc2nc3ccccc3o2)c(F)c1. The molecule has 1 N–H and O–H groups in total. The Morgan fingerprint density at radius 1 is 1.25 bits per heavy atom. The van der Waals surface area contributed by atoms with Gasteiger partial charge >= 0.3 is 0 Å². The Labute approximate surface area is 119 Å². The van der Waals surface area contributed by atoms with Gasteiger partial charge in [-0.2, -0.15) is 0 Å². The van der Waals surface area contributed by atoms with Crippen molar-refractivity contribution >= 4 is 22.9 Å². The zero-order chi connectivity index (χ0) is 14.1. The Hall–Kier alpha value is -1.85. The molecule has 5 heteroatoms. The first kappa shape index (κ1) is 13.1. The third kappa shape index (κ3) is 2.55. The Bertz CT molecular complexity index is 721. The van der Waals surface area contributed by atoms with Gasteiger partial charge in [-0.25, -0.2) is 9.37 Å². The van der Waals surface area contributed by atoms with Crippen LogP contribution in [0.3, 0.4) is 0 Å². The third-order valence-corrected chi connectivity index (χ3v) is 3.81. The molecule has 0 amide bonds. The summed E-state index contributed by atoms with van der Waals surface area (Å²) >= 11 is 1.13. The minimum atomic E-state index is -0.687. The lowest BCUT2D eigenvalue weighted by Crippen LogP contribution is -1.92. The number of oxazole rings is 1. The van der Waals surface area contributed by atoms with Crippen molar-refractivity contribution in [2.45, 2.75) is 23.1 Å². The maximum atomic E-state index is 14.0.